The third kappa shape index (κ3) is 2.36. The van der Waals surface area contributed by atoms with Crippen molar-refractivity contribution in [3.63, 3.8) is 0 Å². The van der Waals surface area contributed by atoms with Gasteiger partial charge in [-0.25, -0.2) is 4.39 Å². The van der Waals surface area contributed by atoms with Crippen molar-refractivity contribution in [2.24, 2.45) is 0 Å². The van der Waals surface area contributed by atoms with Gasteiger partial charge in [0.15, 0.2) is 11.6 Å². The third-order valence-electron chi connectivity index (χ3n) is 4.84. The summed E-state index contributed by atoms with van der Waals surface area (Å²) < 4.78 is 19.0. The predicted molar refractivity (Wildman–Crippen MR) is 81.8 cm³/mol. The molecule has 24 heavy (non-hydrogen) atoms. The number of nitrogens with zero attached hydrogens (tertiary/aromatic N) is 2. The van der Waals surface area contributed by atoms with Gasteiger partial charge in [-0.2, -0.15) is 0 Å². The molecule has 2 aliphatic heterocycles. The van der Waals surface area contributed by atoms with Gasteiger partial charge in [0, 0.05) is 12.2 Å². The van der Waals surface area contributed by atoms with Gasteiger partial charge in [-0.05, 0) is 37.5 Å². The fraction of sp³-hybridized carbons (Fsp3) is 0.353. The monoisotopic (exact) mass is 329 g/mol. The molecule has 2 aromatic heterocycles. The Morgan fingerprint density at radius 2 is 2.21 bits per heavy atom. The molecule has 0 aliphatic carbocycles. The summed E-state index contributed by atoms with van der Waals surface area (Å²) in [6.07, 6.45) is 6.24. The highest BCUT2D eigenvalue weighted by Gasteiger charge is 2.49. The largest absolute Gasteiger partial charge is 0.459 e. The van der Waals surface area contributed by atoms with Crippen LogP contribution in [0.5, 0.6) is 0 Å². The molecule has 2 amide bonds. The first-order chi connectivity index (χ1) is 11.6. The Labute approximate surface area is 137 Å². The summed E-state index contributed by atoms with van der Waals surface area (Å²) in [4.78, 5) is 30.3. The van der Waals surface area contributed by atoms with E-state index in [1.54, 1.807) is 17.0 Å². The van der Waals surface area contributed by atoms with E-state index in [-0.39, 0.29) is 41.3 Å². The number of hydrogen-bond acceptors (Lipinski definition) is 4. The van der Waals surface area contributed by atoms with E-state index in [1.165, 1.54) is 18.5 Å². The highest BCUT2D eigenvalue weighted by Crippen LogP contribution is 2.39. The van der Waals surface area contributed by atoms with Crippen LogP contribution >= 0.6 is 0 Å². The molecular weight excluding hydrogens is 313 g/mol. The van der Waals surface area contributed by atoms with Crippen molar-refractivity contribution in [3.05, 3.63) is 54.0 Å². The highest BCUT2D eigenvalue weighted by molar-refractivity contribution is 5.95. The van der Waals surface area contributed by atoms with Crippen molar-refractivity contribution in [1.82, 2.24) is 15.2 Å². The average Bonchev–Trinajstić information content (AvgIpc) is 3.30. The van der Waals surface area contributed by atoms with Crippen molar-refractivity contribution in [2.75, 3.05) is 0 Å². The highest BCUT2D eigenvalue weighted by atomic mass is 19.1. The minimum absolute atomic E-state index is 0.0250. The van der Waals surface area contributed by atoms with Crippen molar-refractivity contribution >= 4 is 11.8 Å². The molecule has 2 fully saturated rings. The first-order valence-corrected chi connectivity index (χ1v) is 7.91. The predicted octanol–water partition coefficient (Wildman–Crippen LogP) is 1.99. The van der Waals surface area contributed by atoms with E-state index in [9.17, 15) is 14.0 Å². The van der Waals surface area contributed by atoms with Crippen LogP contribution in [0.3, 0.4) is 0 Å². The lowest BCUT2D eigenvalue weighted by Gasteiger charge is -2.25. The molecule has 0 saturated carbocycles. The number of amides is 2. The molecule has 2 aliphatic rings. The zero-order chi connectivity index (χ0) is 16.7. The molecule has 3 unspecified atom stereocenters. The maximum atomic E-state index is 13.9. The fourth-order valence-electron chi connectivity index (χ4n) is 3.80. The number of hydrogen-bond donors (Lipinski definition) is 1. The van der Waals surface area contributed by atoms with E-state index in [0.717, 1.165) is 19.0 Å². The van der Waals surface area contributed by atoms with Crippen LogP contribution in [0.15, 0.2) is 41.3 Å². The maximum Gasteiger partial charge on any atom is 0.287 e. The molecular formula is C17H16FN3O3. The summed E-state index contributed by atoms with van der Waals surface area (Å²) in [7, 11) is 0. The summed E-state index contributed by atoms with van der Waals surface area (Å²) in [6.45, 7) is 0. The molecule has 2 bridgehead atoms. The van der Waals surface area contributed by atoms with Crippen LogP contribution in [0.4, 0.5) is 4.39 Å². The standard InChI is InChI=1S/C17H16FN3O3/c18-12-9-19-6-5-11(12)17(23)21-10-3-4-14(21)13(8-10)20-16(22)15-2-1-7-24-15/h1-2,5-7,9-10,13-14H,3-4,8H2,(H,20,22). The van der Waals surface area contributed by atoms with E-state index >= 15 is 0 Å². The minimum Gasteiger partial charge on any atom is -0.459 e. The van der Waals surface area contributed by atoms with Crippen molar-refractivity contribution in [3.8, 4) is 0 Å². The van der Waals surface area contributed by atoms with Gasteiger partial charge in [0.25, 0.3) is 11.8 Å². The van der Waals surface area contributed by atoms with E-state index < -0.39 is 5.82 Å². The zero-order valence-corrected chi connectivity index (χ0v) is 12.8. The summed E-state index contributed by atoms with van der Waals surface area (Å²) in [6, 6.07) is 4.41. The van der Waals surface area contributed by atoms with Gasteiger partial charge in [-0.15, -0.1) is 0 Å². The molecule has 0 aromatic carbocycles. The summed E-state index contributed by atoms with van der Waals surface area (Å²) >= 11 is 0. The van der Waals surface area contributed by atoms with E-state index in [4.69, 9.17) is 4.42 Å². The Morgan fingerprint density at radius 3 is 2.96 bits per heavy atom. The van der Waals surface area contributed by atoms with Crippen LogP contribution in [0, 0.1) is 5.82 Å². The Hall–Kier alpha value is -2.70. The number of furan rings is 1. The molecule has 7 heteroatoms. The number of pyridine rings is 1. The molecule has 4 heterocycles. The molecule has 4 rings (SSSR count). The first kappa shape index (κ1) is 14.9. The van der Waals surface area contributed by atoms with E-state index in [0.29, 0.717) is 6.42 Å². The van der Waals surface area contributed by atoms with Crippen LogP contribution < -0.4 is 5.32 Å². The molecule has 2 aromatic rings. The number of rotatable bonds is 3. The number of carbonyl (C=O) groups is 2. The fourth-order valence-corrected chi connectivity index (χ4v) is 3.80. The number of carbonyl (C=O) groups excluding carboxylic acids is 2. The Morgan fingerprint density at radius 1 is 1.33 bits per heavy atom. The second kappa shape index (κ2) is 5.74. The average molecular weight is 329 g/mol. The molecule has 0 radical (unpaired) electrons. The van der Waals surface area contributed by atoms with Gasteiger partial charge < -0.3 is 14.6 Å². The molecule has 1 N–H and O–H groups in total. The lowest BCUT2D eigenvalue weighted by Crippen LogP contribution is -2.45. The second-order valence-electron chi connectivity index (χ2n) is 6.16. The summed E-state index contributed by atoms with van der Waals surface area (Å²) in [5.74, 6) is -1.00. The van der Waals surface area contributed by atoms with Gasteiger partial charge in [-0.1, -0.05) is 0 Å². The number of fused-ring (bicyclic) bond motifs is 2. The maximum absolute atomic E-state index is 13.9. The molecule has 3 atom stereocenters. The Bertz CT molecular complexity index is 777. The number of aromatic nitrogens is 1. The zero-order valence-electron chi connectivity index (χ0n) is 12.8. The minimum atomic E-state index is -0.620. The van der Waals surface area contributed by atoms with Gasteiger partial charge in [0.1, 0.15) is 0 Å². The lowest BCUT2D eigenvalue weighted by molar-refractivity contribution is 0.0710. The van der Waals surface area contributed by atoms with Crippen LogP contribution in [-0.4, -0.2) is 39.8 Å². The van der Waals surface area contributed by atoms with E-state index in [2.05, 4.69) is 10.3 Å². The van der Waals surface area contributed by atoms with Crippen LogP contribution in [-0.2, 0) is 0 Å². The lowest BCUT2D eigenvalue weighted by atomic mass is 9.95. The number of nitrogens with one attached hydrogen (secondary N) is 1. The van der Waals surface area contributed by atoms with Gasteiger partial charge in [0.05, 0.1) is 30.1 Å². The quantitative estimate of drug-likeness (QED) is 0.934. The van der Waals surface area contributed by atoms with Crippen molar-refractivity contribution in [2.45, 2.75) is 37.4 Å². The first-order valence-electron chi connectivity index (χ1n) is 7.91. The topological polar surface area (TPSA) is 75.4 Å². The van der Waals surface area contributed by atoms with Gasteiger partial charge in [0.2, 0.25) is 0 Å². The van der Waals surface area contributed by atoms with Crippen LogP contribution in [0.2, 0.25) is 0 Å². The smallest absolute Gasteiger partial charge is 0.287 e. The van der Waals surface area contributed by atoms with Gasteiger partial charge >= 0.3 is 0 Å². The molecule has 0 spiro atoms. The second-order valence-corrected chi connectivity index (χ2v) is 6.16. The number of halogens is 1. The normalized spacial score (nSPS) is 25.0. The van der Waals surface area contributed by atoms with Crippen molar-refractivity contribution in [1.29, 1.82) is 0 Å². The Balaban J connectivity index is 1.52. The Kier molecular flexibility index (Phi) is 3.55. The van der Waals surface area contributed by atoms with Crippen LogP contribution in [0.1, 0.15) is 40.2 Å². The van der Waals surface area contributed by atoms with Gasteiger partial charge in [-0.3, -0.25) is 14.6 Å². The van der Waals surface area contributed by atoms with Crippen molar-refractivity contribution < 1.29 is 18.4 Å². The SMILES string of the molecule is O=C(NC1CC2CCC1N2C(=O)c1ccncc1F)c1ccco1. The molecule has 124 valence electrons. The summed E-state index contributed by atoms with van der Waals surface area (Å²) in [5, 5.41) is 2.93. The molecule has 2 saturated heterocycles. The third-order valence-corrected chi connectivity index (χ3v) is 4.84. The summed E-state index contributed by atoms with van der Waals surface area (Å²) in [5.41, 5.74) is 0.0277. The van der Waals surface area contributed by atoms with E-state index in [1.807, 2.05) is 0 Å². The van der Waals surface area contributed by atoms with Crippen LogP contribution in [0.25, 0.3) is 0 Å². The molecule has 6 nitrogen and oxygen atoms in total.